The Labute approximate surface area is 193 Å². The van der Waals surface area contributed by atoms with Gasteiger partial charge in [0.25, 0.3) is 0 Å². The Morgan fingerprint density at radius 2 is 1.58 bits per heavy atom. The van der Waals surface area contributed by atoms with Gasteiger partial charge in [-0.05, 0) is 32.6 Å². The fraction of sp³-hybridized carbons (Fsp3) is 0.250. The maximum atomic E-state index is 10.7. The highest BCUT2D eigenvalue weighted by Gasteiger charge is 2.22. The minimum atomic E-state index is -0.883. The van der Waals surface area contributed by atoms with Crippen LogP contribution in [0.15, 0.2) is 66.7 Å². The zero-order chi connectivity index (χ0) is 21.1. The number of halogens is 1. The Morgan fingerprint density at radius 3 is 2.19 bits per heavy atom. The van der Waals surface area contributed by atoms with Gasteiger partial charge in [0, 0.05) is 23.5 Å². The first-order chi connectivity index (χ1) is 14.4. The number of fused-ring (bicyclic) bond motifs is 1. The minimum Gasteiger partial charge on any atom is -0.387 e. The molecule has 0 aliphatic carbocycles. The highest BCUT2D eigenvalue weighted by molar-refractivity contribution is 7.21. The quantitative estimate of drug-likeness (QED) is 0.403. The molecule has 0 aliphatic heterocycles. The Hall–Kier alpha value is -2.51. The summed E-state index contributed by atoms with van der Waals surface area (Å²) in [6, 6.07) is 22.4. The van der Waals surface area contributed by atoms with Gasteiger partial charge in [-0.3, -0.25) is 0 Å². The molecule has 0 saturated carbocycles. The first-order valence-corrected chi connectivity index (χ1v) is 10.8. The van der Waals surface area contributed by atoms with Crippen LogP contribution < -0.4 is 5.32 Å². The molecule has 2 heterocycles. The van der Waals surface area contributed by atoms with Crippen molar-refractivity contribution in [1.29, 1.82) is 0 Å². The van der Waals surface area contributed by atoms with Gasteiger partial charge in [0.15, 0.2) is 5.82 Å². The number of rotatable bonds is 7. The van der Waals surface area contributed by atoms with Gasteiger partial charge >= 0.3 is 0 Å². The molecular formula is C24H27ClN4OS. The molecule has 0 amide bonds. The van der Waals surface area contributed by atoms with Crippen LogP contribution in [0.4, 0.5) is 5.82 Å². The third-order valence-electron chi connectivity index (χ3n) is 4.78. The molecule has 4 aromatic rings. The van der Waals surface area contributed by atoms with Crippen LogP contribution in [0.3, 0.4) is 0 Å². The fourth-order valence-electron chi connectivity index (χ4n) is 3.53. The third kappa shape index (κ3) is 5.60. The number of hydrogen-bond donors (Lipinski definition) is 2. The van der Waals surface area contributed by atoms with Crippen molar-refractivity contribution in [3.05, 3.63) is 66.7 Å². The molecule has 1 atom stereocenters. The van der Waals surface area contributed by atoms with E-state index in [9.17, 15) is 5.11 Å². The number of benzene rings is 2. The first-order valence-electron chi connectivity index (χ1n) is 9.95. The predicted molar refractivity (Wildman–Crippen MR) is 133 cm³/mol. The molecular weight excluding hydrogens is 428 g/mol. The second kappa shape index (κ2) is 9.75. The summed E-state index contributed by atoms with van der Waals surface area (Å²) in [6.07, 6.45) is 0. The predicted octanol–water partition coefficient (Wildman–Crippen LogP) is 5.17. The number of nitrogens with zero attached hydrogens (tertiary/aromatic N) is 3. The Bertz CT molecular complexity index is 1130. The van der Waals surface area contributed by atoms with Crippen molar-refractivity contribution in [3.8, 4) is 21.8 Å². The van der Waals surface area contributed by atoms with E-state index in [1.165, 1.54) is 0 Å². The van der Waals surface area contributed by atoms with E-state index in [0.29, 0.717) is 18.9 Å². The third-order valence-corrected chi connectivity index (χ3v) is 5.85. The highest BCUT2D eigenvalue weighted by Crippen LogP contribution is 2.36. The molecule has 0 aliphatic rings. The average Bonchev–Trinajstić information content (AvgIpc) is 3.17. The second-order valence-electron chi connectivity index (χ2n) is 8.05. The zero-order valence-electron chi connectivity index (χ0n) is 17.9. The molecule has 162 valence electrons. The van der Waals surface area contributed by atoms with Crippen LogP contribution in [-0.2, 0) is 0 Å². The molecule has 0 radical (unpaired) electrons. The van der Waals surface area contributed by atoms with Crippen molar-refractivity contribution in [3.63, 3.8) is 0 Å². The van der Waals surface area contributed by atoms with Crippen LogP contribution in [0.1, 0.15) is 6.92 Å². The molecule has 7 heteroatoms. The number of nitrogens with one attached hydrogen (secondary N) is 1. The van der Waals surface area contributed by atoms with Crippen LogP contribution >= 0.6 is 23.7 Å². The lowest BCUT2D eigenvalue weighted by Crippen LogP contribution is -2.43. The van der Waals surface area contributed by atoms with Crippen molar-refractivity contribution >= 4 is 39.8 Å². The van der Waals surface area contributed by atoms with Crippen molar-refractivity contribution in [2.75, 3.05) is 32.5 Å². The lowest BCUT2D eigenvalue weighted by Gasteiger charge is -2.27. The van der Waals surface area contributed by atoms with Crippen LogP contribution in [0.5, 0.6) is 0 Å². The Kier molecular flexibility index (Phi) is 7.28. The van der Waals surface area contributed by atoms with E-state index < -0.39 is 5.60 Å². The SMILES string of the molecule is CN(C)CC(C)(O)CNc1nc(-c2ccccc2)nc2sc(-c3ccccc3)cc12.Cl. The van der Waals surface area contributed by atoms with Crippen molar-refractivity contribution in [1.82, 2.24) is 14.9 Å². The number of likely N-dealkylation sites (N-methyl/N-ethyl adjacent to an activating group) is 1. The summed E-state index contributed by atoms with van der Waals surface area (Å²) in [5.74, 6) is 1.43. The highest BCUT2D eigenvalue weighted by atomic mass is 35.5. The molecule has 4 rings (SSSR count). The number of aromatic nitrogens is 2. The van der Waals surface area contributed by atoms with Crippen LogP contribution in [-0.4, -0.2) is 52.8 Å². The van der Waals surface area contributed by atoms with Crippen LogP contribution in [0.2, 0.25) is 0 Å². The molecule has 0 fully saturated rings. The summed E-state index contributed by atoms with van der Waals surface area (Å²) < 4.78 is 0. The van der Waals surface area contributed by atoms with Crippen molar-refractivity contribution in [2.45, 2.75) is 12.5 Å². The molecule has 1 unspecified atom stereocenters. The van der Waals surface area contributed by atoms with Crippen molar-refractivity contribution in [2.24, 2.45) is 0 Å². The monoisotopic (exact) mass is 454 g/mol. The van der Waals surface area contributed by atoms with Gasteiger partial charge in [0.05, 0.1) is 11.0 Å². The Balaban J connectivity index is 0.00000272. The van der Waals surface area contributed by atoms with E-state index in [1.807, 2.05) is 74.4 Å². The molecule has 2 aromatic carbocycles. The molecule has 5 nitrogen and oxygen atoms in total. The number of hydrogen-bond acceptors (Lipinski definition) is 6. The normalized spacial score (nSPS) is 13.1. The standard InChI is InChI=1S/C24H26N4OS.ClH/c1-24(29,16-28(2)3)15-25-22-19-14-20(17-10-6-4-7-11-17)30-23(19)27-21(26-22)18-12-8-5-9-13-18;/h4-14,29H,15-16H2,1-3H3,(H,25,26,27);1H. The smallest absolute Gasteiger partial charge is 0.163 e. The van der Waals surface area contributed by atoms with Gasteiger partial charge in [0.2, 0.25) is 0 Å². The van der Waals surface area contributed by atoms with Crippen molar-refractivity contribution < 1.29 is 5.11 Å². The lowest BCUT2D eigenvalue weighted by atomic mass is 10.1. The summed E-state index contributed by atoms with van der Waals surface area (Å²) in [7, 11) is 3.91. The topological polar surface area (TPSA) is 61.3 Å². The second-order valence-corrected chi connectivity index (χ2v) is 9.08. The van der Waals surface area contributed by atoms with E-state index in [2.05, 4.69) is 23.5 Å². The number of anilines is 1. The minimum absolute atomic E-state index is 0. The molecule has 0 saturated heterocycles. The zero-order valence-corrected chi connectivity index (χ0v) is 19.5. The summed E-state index contributed by atoms with van der Waals surface area (Å²) in [6.45, 7) is 2.78. The molecule has 2 aromatic heterocycles. The van der Waals surface area contributed by atoms with Crippen LogP contribution in [0.25, 0.3) is 32.0 Å². The average molecular weight is 455 g/mol. The maximum Gasteiger partial charge on any atom is 0.163 e. The number of aliphatic hydroxyl groups is 1. The number of thiophene rings is 1. The van der Waals surface area contributed by atoms with E-state index in [-0.39, 0.29) is 12.4 Å². The summed E-state index contributed by atoms with van der Waals surface area (Å²) in [5, 5.41) is 15.1. The van der Waals surface area contributed by atoms with Gasteiger partial charge in [-0.15, -0.1) is 23.7 Å². The first kappa shape index (κ1) is 23.2. The molecule has 0 spiro atoms. The van der Waals surface area contributed by atoms with E-state index in [0.717, 1.165) is 32.0 Å². The van der Waals surface area contributed by atoms with Gasteiger partial charge in [0.1, 0.15) is 10.6 Å². The maximum absolute atomic E-state index is 10.7. The largest absolute Gasteiger partial charge is 0.387 e. The summed E-state index contributed by atoms with van der Waals surface area (Å²) in [5.41, 5.74) is 1.25. The molecule has 31 heavy (non-hydrogen) atoms. The van der Waals surface area contributed by atoms with Gasteiger partial charge in [-0.2, -0.15) is 0 Å². The van der Waals surface area contributed by atoms with Gasteiger partial charge < -0.3 is 15.3 Å². The lowest BCUT2D eigenvalue weighted by molar-refractivity contribution is 0.0459. The molecule has 0 bridgehead atoms. The van der Waals surface area contributed by atoms with Crippen LogP contribution in [0, 0.1) is 0 Å². The van der Waals surface area contributed by atoms with Gasteiger partial charge in [-0.1, -0.05) is 60.7 Å². The molecule has 2 N–H and O–H groups in total. The van der Waals surface area contributed by atoms with Gasteiger partial charge in [-0.25, -0.2) is 9.97 Å². The summed E-state index contributed by atoms with van der Waals surface area (Å²) >= 11 is 1.66. The van der Waals surface area contributed by atoms with E-state index >= 15 is 0 Å². The van der Waals surface area contributed by atoms with E-state index in [4.69, 9.17) is 9.97 Å². The summed E-state index contributed by atoms with van der Waals surface area (Å²) in [4.78, 5) is 13.7. The van der Waals surface area contributed by atoms with E-state index in [1.54, 1.807) is 11.3 Å². The fourth-order valence-corrected chi connectivity index (χ4v) is 4.57. The Morgan fingerprint density at radius 1 is 0.968 bits per heavy atom.